The van der Waals surface area contributed by atoms with Crippen LogP contribution in [0.2, 0.25) is 0 Å². The van der Waals surface area contributed by atoms with Gasteiger partial charge in [0.15, 0.2) is 5.60 Å². The maximum atomic E-state index is 16.3. The van der Waals surface area contributed by atoms with Crippen LogP contribution in [0.5, 0.6) is 5.75 Å². The molecule has 11 heteroatoms. The van der Waals surface area contributed by atoms with Crippen molar-refractivity contribution in [2.75, 3.05) is 6.61 Å². The molecule has 2 bridgehead atoms. The molecule has 4 fully saturated rings. The third-order valence-electron chi connectivity index (χ3n) is 8.45. The Kier molecular flexibility index (Phi) is 4.99. The van der Waals surface area contributed by atoms with Crippen LogP contribution in [-0.4, -0.2) is 37.8 Å². The van der Waals surface area contributed by atoms with Gasteiger partial charge in [0, 0.05) is 17.0 Å². The van der Waals surface area contributed by atoms with E-state index in [1.54, 1.807) is 12.1 Å². The Labute approximate surface area is 209 Å². The Balaban J connectivity index is 1.23. The predicted molar refractivity (Wildman–Crippen MR) is 120 cm³/mol. The quantitative estimate of drug-likeness (QED) is 0.429. The van der Waals surface area contributed by atoms with Gasteiger partial charge >= 0.3 is 0 Å². The van der Waals surface area contributed by atoms with E-state index in [1.807, 2.05) is 12.1 Å². The van der Waals surface area contributed by atoms with E-state index in [0.717, 1.165) is 41.5 Å². The van der Waals surface area contributed by atoms with Crippen molar-refractivity contribution in [3.8, 4) is 11.8 Å². The van der Waals surface area contributed by atoms with Gasteiger partial charge in [0.1, 0.15) is 30.3 Å². The topological polar surface area (TPSA) is 96.8 Å². The number of nitriles is 1. The van der Waals surface area contributed by atoms with E-state index in [1.165, 1.54) is 0 Å². The zero-order chi connectivity index (χ0) is 26.1. The van der Waals surface area contributed by atoms with Crippen LogP contribution < -0.4 is 4.74 Å². The molecule has 0 radical (unpaired) electrons. The highest BCUT2D eigenvalue weighted by atomic mass is 19.3. The van der Waals surface area contributed by atoms with Crippen molar-refractivity contribution in [2.45, 2.75) is 55.6 Å². The van der Waals surface area contributed by atoms with E-state index < -0.39 is 51.5 Å². The fraction of sp³-hybridized carbons (Fsp3) is 0.462. The molecule has 4 aliphatic carbocycles. The standard InChI is InChI=1S/C26H23F4N5O2/c27-18-3-6-20(21(28)9-18)25(36,14-35-16-32-33-34-35)26(29,30)24-10-23(11-24,12-24)17-1-4-19(5-2-17)37-15-22(13-31)7-8-22/h1-6,9,16,36H,7-8,10-12,14-15H2/t23?,24?,25-/m0/s1. The number of hydrogen-bond acceptors (Lipinski definition) is 6. The van der Waals surface area contributed by atoms with Crippen molar-refractivity contribution in [2.24, 2.45) is 10.8 Å². The van der Waals surface area contributed by atoms with Crippen LogP contribution in [0.4, 0.5) is 17.6 Å². The number of rotatable bonds is 9. The molecule has 0 saturated heterocycles. The van der Waals surface area contributed by atoms with Crippen LogP contribution in [0.3, 0.4) is 0 Å². The maximum Gasteiger partial charge on any atom is 0.287 e. The van der Waals surface area contributed by atoms with Gasteiger partial charge < -0.3 is 9.84 Å². The molecule has 0 aliphatic heterocycles. The van der Waals surface area contributed by atoms with Crippen LogP contribution >= 0.6 is 0 Å². The molecule has 37 heavy (non-hydrogen) atoms. The first-order valence-electron chi connectivity index (χ1n) is 12.0. The number of aromatic nitrogens is 4. The lowest BCUT2D eigenvalue weighted by molar-refractivity contribution is -0.347. The number of tetrazole rings is 1. The number of benzene rings is 2. The summed E-state index contributed by atoms with van der Waals surface area (Å²) >= 11 is 0. The van der Waals surface area contributed by atoms with Crippen molar-refractivity contribution in [1.29, 1.82) is 5.26 Å². The van der Waals surface area contributed by atoms with Crippen LogP contribution in [0.25, 0.3) is 0 Å². The lowest BCUT2D eigenvalue weighted by Crippen LogP contribution is -2.76. The second kappa shape index (κ2) is 7.74. The Morgan fingerprint density at radius 2 is 1.78 bits per heavy atom. The van der Waals surface area contributed by atoms with E-state index in [0.29, 0.717) is 18.4 Å². The number of aliphatic hydroxyl groups is 1. The summed E-state index contributed by atoms with van der Waals surface area (Å²) in [6.07, 6.45) is 3.00. The molecule has 1 atom stereocenters. The van der Waals surface area contributed by atoms with E-state index in [4.69, 9.17) is 4.74 Å². The highest BCUT2D eigenvalue weighted by Crippen LogP contribution is 2.80. The first-order chi connectivity index (χ1) is 17.6. The van der Waals surface area contributed by atoms with Gasteiger partial charge in [-0.2, -0.15) is 5.26 Å². The second-order valence-corrected chi connectivity index (χ2v) is 10.9. The molecule has 3 aromatic rings. The van der Waals surface area contributed by atoms with Crippen LogP contribution in [0.1, 0.15) is 43.2 Å². The second-order valence-electron chi connectivity index (χ2n) is 10.9. The lowest BCUT2D eigenvalue weighted by Gasteiger charge is -2.74. The summed E-state index contributed by atoms with van der Waals surface area (Å²) in [5.74, 6) is -5.37. The summed E-state index contributed by atoms with van der Waals surface area (Å²) in [4.78, 5) is 0. The number of hydrogen-bond donors (Lipinski definition) is 1. The molecule has 1 heterocycles. The summed E-state index contributed by atoms with van der Waals surface area (Å²) in [5, 5.41) is 31.0. The smallest absolute Gasteiger partial charge is 0.287 e. The molecule has 2 aromatic carbocycles. The summed E-state index contributed by atoms with van der Waals surface area (Å²) < 4.78 is 67.5. The number of halogens is 4. The van der Waals surface area contributed by atoms with E-state index in [-0.39, 0.29) is 19.3 Å². The molecule has 7 nitrogen and oxygen atoms in total. The van der Waals surface area contributed by atoms with Crippen molar-refractivity contribution in [3.05, 3.63) is 71.6 Å². The van der Waals surface area contributed by atoms with Gasteiger partial charge in [0.25, 0.3) is 5.92 Å². The van der Waals surface area contributed by atoms with Crippen LogP contribution in [0.15, 0.2) is 48.8 Å². The fourth-order valence-electron chi connectivity index (χ4n) is 6.10. The Bertz CT molecular complexity index is 1370. The minimum atomic E-state index is -3.77. The van der Waals surface area contributed by atoms with E-state index in [9.17, 15) is 19.1 Å². The summed E-state index contributed by atoms with van der Waals surface area (Å²) in [6, 6.07) is 11.7. The summed E-state index contributed by atoms with van der Waals surface area (Å²) in [6.45, 7) is -0.482. The normalized spacial score (nSPS) is 26.8. The molecule has 4 saturated carbocycles. The van der Waals surface area contributed by atoms with Crippen molar-refractivity contribution >= 4 is 0 Å². The summed E-state index contributed by atoms with van der Waals surface area (Å²) in [7, 11) is 0. The van der Waals surface area contributed by atoms with Gasteiger partial charge in [-0.05, 0) is 77.8 Å². The van der Waals surface area contributed by atoms with Crippen LogP contribution in [0, 0.1) is 33.8 Å². The number of ether oxygens (including phenoxy) is 1. The van der Waals surface area contributed by atoms with E-state index in [2.05, 4.69) is 21.6 Å². The molecule has 1 aromatic heterocycles. The van der Waals surface area contributed by atoms with Gasteiger partial charge in [0.05, 0.1) is 18.0 Å². The fourth-order valence-corrected chi connectivity index (χ4v) is 6.10. The average Bonchev–Trinajstić information content (AvgIpc) is 3.42. The first kappa shape index (κ1) is 23.9. The minimum absolute atomic E-state index is 0.103. The van der Waals surface area contributed by atoms with Crippen molar-refractivity contribution in [3.63, 3.8) is 0 Å². The third kappa shape index (κ3) is 3.45. The van der Waals surface area contributed by atoms with Gasteiger partial charge in [-0.3, -0.25) is 0 Å². The number of alkyl halides is 2. The molecular weight excluding hydrogens is 490 g/mol. The zero-order valence-electron chi connectivity index (χ0n) is 19.7. The molecule has 7 rings (SSSR count). The van der Waals surface area contributed by atoms with Crippen molar-refractivity contribution < 1.29 is 27.4 Å². The highest BCUT2D eigenvalue weighted by molar-refractivity contribution is 5.44. The molecule has 0 unspecified atom stereocenters. The Hall–Kier alpha value is -3.52. The van der Waals surface area contributed by atoms with Gasteiger partial charge in [-0.15, -0.1) is 5.10 Å². The maximum absolute atomic E-state index is 16.3. The molecule has 192 valence electrons. The largest absolute Gasteiger partial charge is 0.492 e. The average molecular weight is 513 g/mol. The molecule has 1 N–H and O–H groups in total. The Morgan fingerprint density at radius 1 is 1.08 bits per heavy atom. The molecular formula is C26H23F4N5O2. The van der Waals surface area contributed by atoms with Crippen LogP contribution in [-0.2, 0) is 17.6 Å². The predicted octanol–water partition coefficient (Wildman–Crippen LogP) is 4.28. The third-order valence-corrected chi connectivity index (χ3v) is 8.45. The molecule has 4 aliphatic rings. The first-order valence-corrected chi connectivity index (χ1v) is 12.0. The lowest BCUT2D eigenvalue weighted by atomic mass is 9.30. The molecule has 0 amide bonds. The monoisotopic (exact) mass is 513 g/mol. The van der Waals surface area contributed by atoms with E-state index >= 15 is 8.78 Å². The van der Waals surface area contributed by atoms with Gasteiger partial charge in [-0.1, -0.05) is 12.1 Å². The molecule has 0 spiro atoms. The highest BCUT2D eigenvalue weighted by Gasteiger charge is 2.82. The SMILES string of the molecule is N#CC1(COc2ccc(C34CC(C(F)(F)[C@](O)(Cn5cnnn5)c5ccc(F)cc5F)(C3)C4)cc2)CC1. The zero-order valence-corrected chi connectivity index (χ0v) is 19.7. The number of nitrogens with zero attached hydrogens (tertiary/aromatic N) is 5. The van der Waals surface area contributed by atoms with Gasteiger partial charge in [-0.25, -0.2) is 22.2 Å². The minimum Gasteiger partial charge on any atom is -0.492 e. The Morgan fingerprint density at radius 3 is 2.35 bits per heavy atom. The summed E-state index contributed by atoms with van der Waals surface area (Å²) in [5.41, 5.74) is -5.26. The van der Waals surface area contributed by atoms with Gasteiger partial charge in [0.2, 0.25) is 0 Å². The van der Waals surface area contributed by atoms with Crippen molar-refractivity contribution in [1.82, 2.24) is 20.2 Å².